The number of rotatable bonds is 4. The quantitative estimate of drug-likeness (QED) is 0.936. The summed E-state index contributed by atoms with van der Waals surface area (Å²) >= 11 is 3.24. The Morgan fingerprint density at radius 1 is 1.32 bits per heavy atom. The minimum Gasteiger partial charge on any atom is -0.480 e. The summed E-state index contributed by atoms with van der Waals surface area (Å²) in [6.07, 6.45) is 1.54. The van der Waals surface area contributed by atoms with Gasteiger partial charge in [0.15, 0.2) is 11.6 Å². The van der Waals surface area contributed by atoms with E-state index in [1.807, 2.05) is 0 Å². The molecule has 0 aliphatic carbocycles. The van der Waals surface area contributed by atoms with E-state index in [1.54, 1.807) is 6.20 Å². The van der Waals surface area contributed by atoms with E-state index in [2.05, 4.69) is 31.2 Å². The van der Waals surface area contributed by atoms with E-state index in [0.29, 0.717) is 21.9 Å². The van der Waals surface area contributed by atoms with Gasteiger partial charge in [-0.3, -0.25) is 0 Å². The van der Waals surface area contributed by atoms with E-state index < -0.39 is 11.6 Å². The van der Waals surface area contributed by atoms with Gasteiger partial charge in [0.2, 0.25) is 11.8 Å². The molecule has 0 radical (unpaired) electrons. The van der Waals surface area contributed by atoms with Gasteiger partial charge in [0.05, 0.1) is 17.8 Å². The Balaban J connectivity index is 2.07. The van der Waals surface area contributed by atoms with Crippen molar-refractivity contribution in [3.05, 3.63) is 46.1 Å². The van der Waals surface area contributed by atoms with Crippen LogP contribution in [0.1, 0.15) is 5.56 Å². The molecule has 0 aliphatic heterocycles. The van der Waals surface area contributed by atoms with Crippen LogP contribution < -0.4 is 10.1 Å². The lowest BCUT2D eigenvalue weighted by molar-refractivity contribution is 0.394. The van der Waals surface area contributed by atoms with Gasteiger partial charge in [-0.1, -0.05) is 6.07 Å². The molecule has 0 unspecified atom stereocenters. The minimum atomic E-state index is -0.881. The number of aromatic nitrogens is 2. The van der Waals surface area contributed by atoms with Crippen molar-refractivity contribution in [3.63, 3.8) is 0 Å². The van der Waals surface area contributed by atoms with E-state index in [9.17, 15) is 8.78 Å². The highest BCUT2D eigenvalue weighted by Gasteiger charge is 2.06. The molecule has 1 heterocycles. The predicted molar refractivity (Wildman–Crippen MR) is 70.0 cm³/mol. The largest absolute Gasteiger partial charge is 0.480 e. The van der Waals surface area contributed by atoms with Crippen molar-refractivity contribution in [2.45, 2.75) is 6.54 Å². The van der Waals surface area contributed by atoms with Crippen LogP contribution in [0.5, 0.6) is 5.88 Å². The minimum absolute atomic E-state index is 0.280. The molecule has 1 N–H and O–H groups in total. The lowest BCUT2D eigenvalue weighted by Gasteiger charge is -2.07. The zero-order valence-corrected chi connectivity index (χ0v) is 11.5. The number of methoxy groups -OCH3 is 1. The van der Waals surface area contributed by atoms with Crippen molar-refractivity contribution in [1.82, 2.24) is 9.97 Å². The summed E-state index contributed by atoms with van der Waals surface area (Å²) in [5, 5.41) is 2.90. The molecule has 4 nitrogen and oxygen atoms in total. The number of anilines is 1. The third-order valence-corrected chi connectivity index (χ3v) is 2.88. The third-order valence-electron chi connectivity index (χ3n) is 2.34. The molecule has 0 atom stereocenters. The van der Waals surface area contributed by atoms with Gasteiger partial charge in [-0.05, 0) is 33.6 Å². The molecule has 2 rings (SSSR count). The second-order valence-corrected chi connectivity index (χ2v) is 4.51. The predicted octanol–water partition coefficient (Wildman–Crippen LogP) is 3.14. The lowest BCUT2D eigenvalue weighted by Crippen LogP contribution is -2.05. The molecule has 100 valence electrons. The SMILES string of the molecule is COc1nc(NCc2ccc(F)c(F)c2)ncc1Br. The molecule has 0 fully saturated rings. The average molecular weight is 330 g/mol. The highest BCUT2D eigenvalue weighted by Crippen LogP contribution is 2.22. The van der Waals surface area contributed by atoms with E-state index in [0.717, 1.165) is 12.1 Å². The number of nitrogens with one attached hydrogen (secondary N) is 1. The molecule has 0 saturated carbocycles. The third kappa shape index (κ3) is 3.37. The first-order chi connectivity index (χ1) is 9.10. The van der Waals surface area contributed by atoms with Crippen LogP contribution in [0.25, 0.3) is 0 Å². The average Bonchev–Trinajstić information content (AvgIpc) is 2.41. The Hall–Kier alpha value is -1.76. The van der Waals surface area contributed by atoms with Crippen LogP contribution in [0.3, 0.4) is 0 Å². The molecule has 7 heteroatoms. The van der Waals surface area contributed by atoms with Gasteiger partial charge >= 0.3 is 0 Å². The Labute approximate surface area is 117 Å². The zero-order valence-electron chi connectivity index (χ0n) is 9.95. The van der Waals surface area contributed by atoms with Crippen molar-refractivity contribution in [2.24, 2.45) is 0 Å². The summed E-state index contributed by atoms with van der Waals surface area (Å²) in [5.41, 5.74) is 0.587. The van der Waals surface area contributed by atoms with Gasteiger partial charge in [-0.25, -0.2) is 13.8 Å². The van der Waals surface area contributed by atoms with Gasteiger partial charge in [-0.15, -0.1) is 0 Å². The maximum atomic E-state index is 13.0. The van der Waals surface area contributed by atoms with E-state index >= 15 is 0 Å². The highest BCUT2D eigenvalue weighted by atomic mass is 79.9. The van der Waals surface area contributed by atoms with Gasteiger partial charge in [0.1, 0.15) is 0 Å². The number of hydrogen-bond acceptors (Lipinski definition) is 4. The monoisotopic (exact) mass is 329 g/mol. The smallest absolute Gasteiger partial charge is 0.232 e. The summed E-state index contributed by atoms with van der Waals surface area (Å²) in [6.45, 7) is 0.280. The standard InChI is InChI=1S/C12H10BrF2N3O/c1-19-11-8(13)6-17-12(18-11)16-5-7-2-3-9(14)10(15)4-7/h2-4,6H,5H2,1H3,(H,16,17,18). The number of nitrogens with zero attached hydrogens (tertiary/aromatic N) is 2. The lowest BCUT2D eigenvalue weighted by atomic mass is 10.2. The topological polar surface area (TPSA) is 47.0 Å². The number of benzene rings is 1. The van der Waals surface area contributed by atoms with E-state index in [1.165, 1.54) is 13.2 Å². The summed E-state index contributed by atoms with van der Waals surface area (Å²) in [6, 6.07) is 3.69. The summed E-state index contributed by atoms with van der Waals surface area (Å²) in [7, 11) is 1.49. The van der Waals surface area contributed by atoms with Crippen LogP contribution in [-0.2, 0) is 6.54 Å². The van der Waals surface area contributed by atoms with Gasteiger partial charge in [0, 0.05) is 6.54 Å². The Bertz CT molecular complexity index is 595. The van der Waals surface area contributed by atoms with Gasteiger partial charge in [-0.2, -0.15) is 4.98 Å². The van der Waals surface area contributed by atoms with Crippen LogP contribution in [0.4, 0.5) is 14.7 Å². The molecule has 1 aromatic carbocycles. The molecule has 1 aromatic heterocycles. The second-order valence-electron chi connectivity index (χ2n) is 3.65. The van der Waals surface area contributed by atoms with Crippen molar-refractivity contribution < 1.29 is 13.5 Å². The Kier molecular flexibility index (Phi) is 4.26. The molecular weight excluding hydrogens is 320 g/mol. The Morgan fingerprint density at radius 2 is 2.11 bits per heavy atom. The first-order valence-corrected chi connectivity index (χ1v) is 6.14. The van der Waals surface area contributed by atoms with Crippen LogP contribution in [-0.4, -0.2) is 17.1 Å². The molecule has 0 aliphatic rings. The molecular formula is C12H10BrF2N3O. The number of hydrogen-bond donors (Lipinski definition) is 1. The van der Waals surface area contributed by atoms with Crippen LogP contribution in [0.2, 0.25) is 0 Å². The van der Waals surface area contributed by atoms with Crippen LogP contribution >= 0.6 is 15.9 Å². The highest BCUT2D eigenvalue weighted by molar-refractivity contribution is 9.10. The molecule has 0 amide bonds. The van der Waals surface area contributed by atoms with Gasteiger partial charge < -0.3 is 10.1 Å². The van der Waals surface area contributed by atoms with Crippen molar-refractivity contribution >= 4 is 21.9 Å². The molecule has 19 heavy (non-hydrogen) atoms. The first kappa shape index (κ1) is 13.7. The fourth-order valence-corrected chi connectivity index (χ4v) is 1.76. The van der Waals surface area contributed by atoms with Crippen molar-refractivity contribution in [1.29, 1.82) is 0 Å². The fraction of sp³-hybridized carbons (Fsp3) is 0.167. The fourth-order valence-electron chi connectivity index (χ4n) is 1.41. The van der Waals surface area contributed by atoms with E-state index in [-0.39, 0.29) is 6.54 Å². The molecule has 2 aromatic rings. The first-order valence-electron chi connectivity index (χ1n) is 5.34. The maximum Gasteiger partial charge on any atom is 0.232 e. The Morgan fingerprint density at radius 3 is 2.79 bits per heavy atom. The number of halogens is 3. The van der Waals surface area contributed by atoms with Crippen LogP contribution in [0.15, 0.2) is 28.9 Å². The van der Waals surface area contributed by atoms with Crippen molar-refractivity contribution in [2.75, 3.05) is 12.4 Å². The molecule has 0 bridgehead atoms. The second kappa shape index (κ2) is 5.92. The molecule has 0 saturated heterocycles. The summed E-state index contributed by atoms with van der Waals surface area (Å²) in [4.78, 5) is 8.11. The van der Waals surface area contributed by atoms with Gasteiger partial charge in [0.25, 0.3) is 0 Å². The summed E-state index contributed by atoms with van der Waals surface area (Å²) < 4.78 is 31.4. The van der Waals surface area contributed by atoms with Crippen molar-refractivity contribution in [3.8, 4) is 5.88 Å². The maximum absolute atomic E-state index is 13.0. The number of ether oxygens (including phenoxy) is 1. The normalized spacial score (nSPS) is 10.3. The molecule has 0 spiro atoms. The zero-order chi connectivity index (χ0) is 13.8. The summed E-state index contributed by atoms with van der Waals surface area (Å²) in [5.74, 6) is -1.02. The van der Waals surface area contributed by atoms with Crippen LogP contribution in [0, 0.1) is 11.6 Å². The van der Waals surface area contributed by atoms with E-state index in [4.69, 9.17) is 4.74 Å².